The second kappa shape index (κ2) is 6.28. The van der Waals surface area contributed by atoms with E-state index in [0.29, 0.717) is 5.92 Å². The molecule has 1 rings (SSSR count). The molecule has 0 saturated carbocycles. The molecule has 1 aromatic carbocycles. The molecule has 0 unspecified atom stereocenters. The predicted molar refractivity (Wildman–Crippen MR) is 73.4 cm³/mol. The van der Waals surface area contributed by atoms with Crippen molar-refractivity contribution >= 4 is 17.3 Å². The quantitative estimate of drug-likeness (QED) is 0.819. The average molecular weight is 234 g/mol. The number of rotatable bonds is 5. The number of carbonyl (C=O) groups is 1. The van der Waals surface area contributed by atoms with Gasteiger partial charge in [-0.25, -0.2) is 0 Å². The van der Waals surface area contributed by atoms with E-state index in [1.54, 1.807) is 0 Å². The number of anilines is 2. The Hall–Kier alpha value is -1.51. The third-order valence-electron chi connectivity index (χ3n) is 2.60. The van der Waals surface area contributed by atoms with Crippen molar-refractivity contribution in [3.8, 4) is 0 Å². The van der Waals surface area contributed by atoms with Crippen LogP contribution >= 0.6 is 0 Å². The van der Waals surface area contributed by atoms with Crippen LogP contribution in [0.1, 0.15) is 32.8 Å². The van der Waals surface area contributed by atoms with Gasteiger partial charge < -0.3 is 10.6 Å². The minimum absolute atomic E-state index is 0.0348. The van der Waals surface area contributed by atoms with E-state index in [1.807, 2.05) is 25.1 Å². The van der Waals surface area contributed by atoms with Crippen molar-refractivity contribution in [2.75, 3.05) is 17.2 Å². The van der Waals surface area contributed by atoms with Gasteiger partial charge in [0, 0.05) is 24.8 Å². The molecule has 0 aliphatic heterocycles. The smallest absolute Gasteiger partial charge is 0.221 e. The average Bonchev–Trinajstić information content (AvgIpc) is 2.21. The van der Waals surface area contributed by atoms with Crippen molar-refractivity contribution < 1.29 is 4.79 Å². The van der Waals surface area contributed by atoms with Crippen LogP contribution in [0.15, 0.2) is 18.2 Å². The fraction of sp³-hybridized carbons (Fsp3) is 0.500. The summed E-state index contributed by atoms with van der Waals surface area (Å²) in [6.45, 7) is 8.89. The van der Waals surface area contributed by atoms with Gasteiger partial charge in [-0.2, -0.15) is 0 Å². The predicted octanol–water partition coefficient (Wildman–Crippen LogP) is 3.41. The molecule has 0 atom stereocenters. The van der Waals surface area contributed by atoms with Gasteiger partial charge in [0.25, 0.3) is 0 Å². The molecule has 1 amide bonds. The van der Waals surface area contributed by atoms with E-state index < -0.39 is 0 Å². The van der Waals surface area contributed by atoms with Gasteiger partial charge in [0.1, 0.15) is 0 Å². The first kappa shape index (κ1) is 13.6. The lowest BCUT2D eigenvalue weighted by molar-refractivity contribution is -0.114. The van der Waals surface area contributed by atoms with Crippen molar-refractivity contribution in [1.29, 1.82) is 0 Å². The van der Waals surface area contributed by atoms with Crippen LogP contribution in [-0.4, -0.2) is 12.5 Å². The maximum atomic E-state index is 11.0. The minimum Gasteiger partial charge on any atom is -0.385 e. The maximum absolute atomic E-state index is 11.0. The molecule has 3 heteroatoms. The summed E-state index contributed by atoms with van der Waals surface area (Å²) in [5, 5.41) is 6.20. The Morgan fingerprint density at radius 1 is 1.35 bits per heavy atom. The van der Waals surface area contributed by atoms with Crippen LogP contribution < -0.4 is 10.6 Å². The highest BCUT2D eigenvalue weighted by Gasteiger charge is 2.02. The molecule has 17 heavy (non-hydrogen) atoms. The van der Waals surface area contributed by atoms with Gasteiger partial charge >= 0.3 is 0 Å². The van der Waals surface area contributed by atoms with Crippen LogP contribution in [0.3, 0.4) is 0 Å². The van der Waals surface area contributed by atoms with Crippen LogP contribution in [0.25, 0.3) is 0 Å². The summed E-state index contributed by atoms with van der Waals surface area (Å²) in [5.74, 6) is 0.662. The number of aryl methyl sites for hydroxylation is 1. The van der Waals surface area contributed by atoms with Crippen LogP contribution in [0.4, 0.5) is 11.4 Å². The minimum atomic E-state index is -0.0348. The van der Waals surface area contributed by atoms with Gasteiger partial charge in [0.2, 0.25) is 5.91 Å². The van der Waals surface area contributed by atoms with Crippen molar-refractivity contribution in [3.63, 3.8) is 0 Å². The highest BCUT2D eigenvalue weighted by Crippen LogP contribution is 2.20. The standard InChI is InChI=1S/C14H22N2O/c1-10(2)7-8-15-13-6-5-11(3)14(9-13)16-12(4)17/h5-6,9-10,15H,7-8H2,1-4H3,(H,16,17). The Labute approximate surface area is 104 Å². The molecule has 3 nitrogen and oxygen atoms in total. The van der Waals surface area contributed by atoms with E-state index >= 15 is 0 Å². The maximum Gasteiger partial charge on any atom is 0.221 e. The fourth-order valence-electron chi connectivity index (χ4n) is 1.56. The molecule has 0 spiro atoms. The van der Waals surface area contributed by atoms with E-state index in [4.69, 9.17) is 0 Å². The van der Waals surface area contributed by atoms with Crippen LogP contribution in [0, 0.1) is 12.8 Å². The van der Waals surface area contributed by atoms with Crippen molar-refractivity contribution in [1.82, 2.24) is 0 Å². The first-order valence-corrected chi connectivity index (χ1v) is 6.11. The van der Waals surface area contributed by atoms with Gasteiger partial charge in [0.05, 0.1) is 0 Å². The SMILES string of the molecule is CC(=O)Nc1cc(NCCC(C)C)ccc1C. The number of hydrogen-bond acceptors (Lipinski definition) is 2. The molecule has 94 valence electrons. The normalized spacial score (nSPS) is 10.4. The van der Waals surface area contributed by atoms with Crippen LogP contribution in [0.2, 0.25) is 0 Å². The molecular formula is C14H22N2O. The van der Waals surface area contributed by atoms with E-state index in [9.17, 15) is 4.79 Å². The zero-order valence-electron chi connectivity index (χ0n) is 11.1. The summed E-state index contributed by atoms with van der Waals surface area (Å²) < 4.78 is 0. The molecule has 0 radical (unpaired) electrons. The van der Waals surface area contributed by atoms with E-state index in [2.05, 4.69) is 24.5 Å². The largest absolute Gasteiger partial charge is 0.385 e. The van der Waals surface area contributed by atoms with Gasteiger partial charge in [-0.1, -0.05) is 19.9 Å². The lowest BCUT2D eigenvalue weighted by atomic mass is 10.1. The summed E-state index contributed by atoms with van der Waals surface area (Å²) >= 11 is 0. The molecular weight excluding hydrogens is 212 g/mol. The highest BCUT2D eigenvalue weighted by atomic mass is 16.1. The Kier molecular flexibility index (Phi) is 5.01. The number of benzene rings is 1. The Balaban J connectivity index is 2.64. The van der Waals surface area contributed by atoms with Crippen LogP contribution in [0.5, 0.6) is 0 Å². The molecule has 0 bridgehead atoms. The summed E-state index contributed by atoms with van der Waals surface area (Å²) in [6, 6.07) is 6.04. The van der Waals surface area contributed by atoms with Crippen LogP contribution in [-0.2, 0) is 4.79 Å². The number of amides is 1. The van der Waals surface area contributed by atoms with Crippen molar-refractivity contribution in [3.05, 3.63) is 23.8 Å². The second-order valence-corrected chi connectivity index (χ2v) is 4.82. The highest BCUT2D eigenvalue weighted by molar-refractivity contribution is 5.90. The monoisotopic (exact) mass is 234 g/mol. The van der Waals surface area contributed by atoms with Crippen molar-refractivity contribution in [2.24, 2.45) is 5.92 Å². The van der Waals surface area contributed by atoms with Gasteiger partial charge in [0.15, 0.2) is 0 Å². The van der Waals surface area contributed by atoms with E-state index in [-0.39, 0.29) is 5.91 Å². The van der Waals surface area contributed by atoms with Crippen molar-refractivity contribution in [2.45, 2.75) is 34.1 Å². The van der Waals surface area contributed by atoms with Gasteiger partial charge in [-0.05, 0) is 37.0 Å². The number of carbonyl (C=O) groups excluding carboxylic acids is 1. The molecule has 1 aromatic rings. The molecule has 0 aliphatic carbocycles. The Bertz CT molecular complexity index is 386. The second-order valence-electron chi connectivity index (χ2n) is 4.82. The zero-order valence-corrected chi connectivity index (χ0v) is 11.1. The molecule has 0 fully saturated rings. The van der Waals surface area contributed by atoms with Gasteiger partial charge in [-0.15, -0.1) is 0 Å². The first-order valence-electron chi connectivity index (χ1n) is 6.11. The lowest BCUT2D eigenvalue weighted by Gasteiger charge is -2.12. The third kappa shape index (κ3) is 4.89. The number of hydrogen-bond donors (Lipinski definition) is 2. The zero-order chi connectivity index (χ0) is 12.8. The Morgan fingerprint density at radius 3 is 2.65 bits per heavy atom. The summed E-state index contributed by atoms with van der Waals surface area (Å²) in [5.41, 5.74) is 3.02. The lowest BCUT2D eigenvalue weighted by Crippen LogP contribution is -2.09. The number of nitrogens with one attached hydrogen (secondary N) is 2. The first-order chi connectivity index (χ1) is 7.99. The molecule has 0 heterocycles. The molecule has 2 N–H and O–H groups in total. The summed E-state index contributed by atoms with van der Waals surface area (Å²) in [7, 11) is 0. The molecule has 0 aliphatic rings. The Morgan fingerprint density at radius 2 is 2.06 bits per heavy atom. The van der Waals surface area contributed by atoms with Gasteiger partial charge in [-0.3, -0.25) is 4.79 Å². The van der Waals surface area contributed by atoms with E-state index in [1.165, 1.54) is 6.92 Å². The topological polar surface area (TPSA) is 41.1 Å². The summed E-state index contributed by atoms with van der Waals surface area (Å²) in [4.78, 5) is 11.0. The fourth-order valence-corrected chi connectivity index (χ4v) is 1.56. The third-order valence-corrected chi connectivity index (χ3v) is 2.60. The molecule has 0 saturated heterocycles. The summed E-state index contributed by atoms with van der Waals surface area (Å²) in [6.07, 6.45) is 1.14. The molecule has 0 aromatic heterocycles. The van der Waals surface area contributed by atoms with E-state index in [0.717, 1.165) is 29.9 Å².